The summed E-state index contributed by atoms with van der Waals surface area (Å²) in [4.78, 5) is 15.8. The van der Waals surface area contributed by atoms with Gasteiger partial charge in [-0.2, -0.15) is 0 Å². The van der Waals surface area contributed by atoms with Gasteiger partial charge in [0.2, 0.25) is 5.91 Å². The molecule has 0 radical (unpaired) electrons. The van der Waals surface area contributed by atoms with Crippen LogP contribution in [-0.4, -0.2) is 47.8 Å². The van der Waals surface area contributed by atoms with Crippen molar-refractivity contribution in [1.82, 2.24) is 4.90 Å². The molecular formula is C21H29NO3. The Morgan fingerprint density at radius 1 is 1.12 bits per heavy atom. The summed E-state index contributed by atoms with van der Waals surface area (Å²) in [5, 5.41) is 10.5. The number of benzene rings is 1. The number of carbonyl (C=O) groups is 1. The highest BCUT2D eigenvalue weighted by atomic mass is 16.5. The first kappa shape index (κ1) is 17.0. The Bertz CT molecular complexity index is 596. The van der Waals surface area contributed by atoms with E-state index in [1.54, 1.807) is 0 Å². The summed E-state index contributed by atoms with van der Waals surface area (Å²) in [5.41, 5.74) is 0.813. The van der Waals surface area contributed by atoms with E-state index in [4.69, 9.17) is 4.74 Å². The number of amides is 1. The Balaban J connectivity index is 1.61. The zero-order valence-electron chi connectivity index (χ0n) is 14.9. The molecule has 4 rings (SSSR count). The van der Waals surface area contributed by atoms with E-state index in [2.05, 4.69) is 17.0 Å². The first-order chi connectivity index (χ1) is 12.2. The number of carbonyl (C=O) groups excluding carboxylic acids is 1. The van der Waals surface area contributed by atoms with Gasteiger partial charge >= 0.3 is 0 Å². The second kappa shape index (κ2) is 7.08. The second-order valence-electron chi connectivity index (χ2n) is 7.96. The highest BCUT2D eigenvalue weighted by Gasteiger charge is 2.49. The average Bonchev–Trinajstić information content (AvgIpc) is 3.33. The van der Waals surface area contributed by atoms with Crippen molar-refractivity contribution in [2.45, 2.75) is 62.5 Å². The number of hydrogen-bond donors (Lipinski definition) is 1. The summed E-state index contributed by atoms with van der Waals surface area (Å²) in [6.45, 7) is 2.03. The number of ether oxygens (including phenoxy) is 1. The van der Waals surface area contributed by atoms with Gasteiger partial charge < -0.3 is 14.7 Å². The van der Waals surface area contributed by atoms with Crippen molar-refractivity contribution in [2.75, 3.05) is 19.8 Å². The Morgan fingerprint density at radius 2 is 1.88 bits per heavy atom. The standard InChI is InChI=1S/C21H29NO3/c23-19-10-14-25-15-17(19)18-9-6-13-22(18)20(24)21(11-4-5-12-21)16-7-2-1-3-8-16/h1-3,7-8,17-19,23H,4-6,9-15H2. The van der Waals surface area contributed by atoms with Crippen molar-refractivity contribution < 1.29 is 14.6 Å². The van der Waals surface area contributed by atoms with Crippen molar-refractivity contribution >= 4 is 5.91 Å². The molecule has 4 heteroatoms. The molecule has 4 nitrogen and oxygen atoms in total. The predicted molar refractivity (Wildman–Crippen MR) is 96.3 cm³/mol. The summed E-state index contributed by atoms with van der Waals surface area (Å²) in [6, 6.07) is 10.5. The van der Waals surface area contributed by atoms with Crippen molar-refractivity contribution in [3.63, 3.8) is 0 Å². The lowest BCUT2D eigenvalue weighted by molar-refractivity contribution is -0.142. The van der Waals surface area contributed by atoms with E-state index >= 15 is 0 Å². The SMILES string of the molecule is O=C(N1CCCC1C1COCCC1O)C1(c2ccccc2)CCCC1. The van der Waals surface area contributed by atoms with Gasteiger partial charge in [-0.15, -0.1) is 0 Å². The Morgan fingerprint density at radius 3 is 2.60 bits per heavy atom. The molecule has 1 amide bonds. The zero-order chi connectivity index (χ0) is 17.3. The van der Waals surface area contributed by atoms with E-state index < -0.39 is 0 Å². The van der Waals surface area contributed by atoms with Crippen molar-refractivity contribution in [1.29, 1.82) is 0 Å². The predicted octanol–water partition coefficient (Wildman–Crippen LogP) is 2.89. The van der Waals surface area contributed by atoms with Crippen LogP contribution in [0.5, 0.6) is 0 Å². The van der Waals surface area contributed by atoms with Gasteiger partial charge in [0.25, 0.3) is 0 Å². The molecule has 0 spiro atoms. The second-order valence-corrected chi connectivity index (χ2v) is 7.96. The fourth-order valence-corrected chi connectivity index (χ4v) is 5.24. The quantitative estimate of drug-likeness (QED) is 0.918. The van der Waals surface area contributed by atoms with Gasteiger partial charge in [-0.3, -0.25) is 4.79 Å². The minimum absolute atomic E-state index is 0.0643. The summed E-state index contributed by atoms with van der Waals surface area (Å²) < 4.78 is 5.63. The van der Waals surface area contributed by atoms with Crippen LogP contribution in [0.25, 0.3) is 0 Å². The largest absolute Gasteiger partial charge is 0.393 e. The molecule has 1 aromatic carbocycles. The maximum absolute atomic E-state index is 13.7. The van der Waals surface area contributed by atoms with Crippen molar-refractivity contribution in [3.8, 4) is 0 Å². The van der Waals surface area contributed by atoms with Gasteiger partial charge in [0.15, 0.2) is 0 Å². The number of aliphatic hydroxyl groups is 1. The average molecular weight is 343 g/mol. The van der Waals surface area contributed by atoms with Gasteiger partial charge in [-0.1, -0.05) is 43.2 Å². The van der Waals surface area contributed by atoms with Gasteiger partial charge in [-0.25, -0.2) is 0 Å². The van der Waals surface area contributed by atoms with Crippen LogP contribution in [0, 0.1) is 5.92 Å². The highest BCUT2D eigenvalue weighted by Crippen LogP contribution is 2.44. The van der Waals surface area contributed by atoms with Crippen molar-refractivity contribution in [3.05, 3.63) is 35.9 Å². The van der Waals surface area contributed by atoms with E-state index in [0.717, 1.165) is 45.1 Å². The maximum Gasteiger partial charge on any atom is 0.233 e. The van der Waals surface area contributed by atoms with Gasteiger partial charge in [0, 0.05) is 25.1 Å². The molecular weight excluding hydrogens is 314 g/mol. The molecule has 0 aromatic heterocycles. The van der Waals surface area contributed by atoms with E-state index in [1.807, 2.05) is 18.2 Å². The Kier molecular flexibility index (Phi) is 4.83. The number of hydrogen-bond acceptors (Lipinski definition) is 3. The molecule has 136 valence electrons. The molecule has 25 heavy (non-hydrogen) atoms. The van der Waals surface area contributed by atoms with E-state index in [9.17, 15) is 9.90 Å². The smallest absolute Gasteiger partial charge is 0.233 e. The molecule has 2 saturated heterocycles. The highest BCUT2D eigenvalue weighted by molar-refractivity contribution is 5.89. The normalized spacial score (nSPS) is 32.0. The van der Waals surface area contributed by atoms with Crippen LogP contribution in [0.1, 0.15) is 50.5 Å². The molecule has 0 bridgehead atoms. The first-order valence-corrected chi connectivity index (χ1v) is 9.85. The van der Waals surface area contributed by atoms with Gasteiger partial charge in [-0.05, 0) is 37.7 Å². The maximum atomic E-state index is 13.7. The third-order valence-electron chi connectivity index (χ3n) is 6.61. The monoisotopic (exact) mass is 343 g/mol. The van der Waals surface area contributed by atoms with E-state index in [0.29, 0.717) is 19.6 Å². The van der Waals surface area contributed by atoms with E-state index in [1.165, 1.54) is 5.56 Å². The van der Waals surface area contributed by atoms with Crippen LogP contribution in [0.2, 0.25) is 0 Å². The van der Waals surface area contributed by atoms with Crippen LogP contribution in [0.15, 0.2) is 30.3 Å². The lowest BCUT2D eigenvalue weighted by atomic mass is 9.77. The molecule has 1 aromatic rings. The van der Waals surface area contributed by atoms with Gasteiger partial charge in [0.05, 0.1) is 18.1 Å². The first-order valence-electron chi connectivity index (χ1n) is 9.85. The third-order valence-corrected chi connectivity index (χ3v) is 6.61. The van der Waals surface area contributed by atoms with Crippen LogP contribution in [-0.2, 0) is 14.9 Å². The molecule has 3 fully saturated rings. The topological polar surface area (TPSA) is 49.8 Å². The number of aliphatic hydroxyl groups excluding tert-OH is 1. The minimum Gasteiger partial charge on any atom is -0.393 e. The van der Waals surface area contributed by atoms with Crippen LogP contribution in [0.3, 0.4) is 0 Å². The fourth-order valence-electron chi connectivity index (χ4n) is 5.24. The summed E-state index contributed by atoms with van der Waals surface area (Å²) in [7, 11) is 0. The Hall–Kier alpha value is -1.39. The molecule has 3 atom stereocenters. The molecule has 1 aliphatic carbocycles. The summed E-state index contributed by atoms with van der Waals surface area (Å²) >= 11 is 0. The third kappa shape index (κ3) is 3.00. The van der Waals surface area contributed by atoms with Crippen LogP contribution >= 0.6 is 0 Å². The lowest BCUT2D eigenvalue weighted by Gasteiger charge is -2.41. The van der Waals surface area contributed by atoms with Crippen LogP contribution in [0.4, 0.5) is 0 Å². The molecule has 1 saturated carbocycles. The number of nitrogens with zero attached hydrogens (tertiary/aromatic N) is 1. The van der Waals surface area contributed by atoms with Gasteiger partial charge in [0.1, 0.15) is 0 Å². The number of likely N-dealkylation sites (tertiary alicyclic amines) is 1. The molecule has 2 aliphatic heterocycles. The number of rotatable bonds is 3. The molecule has 2 heterocycles. The zero-order valence-corrected chi connectivity index (χ0v) is 14.9. The Labute approximate surface area is 150 Å². The fraction of sp³-hybridized carbons (Fsp3) is 0.667. The molecule has 1 N–H and O–H groups in total. The summed E-state index contributed by atoms with van der Waals surface area (Å²) in [5.74, 6) is 0.353. The lowest BCUT2D eigenvalue weighted by Crippen LogP contribution is -2.53. The summed E-state index contributed by atoms with van der Waals surface area (Å²) in [6.07, 6.45) is 6.50. The molecule has 3 aliphatic rings. The molecule has 3 unspecified atom stereocenters. The van der Waals surface area contributed by atoms with Crippen molar-refractivity contribution in [2.24, 2.45) is 5.92 Å². The minimum atomic E-state index is -0.357. The van der Waals surface area contributed by atoms with E-state index in [-0.39, 0.29) is 29.4 Å². The van der Waals surface area contributed by atoms with Crippen LogP contribution < -0.4 is 0 Å².